The van der Waals surface area contributed by atoms with Gasteiger partial charge in [0.05, 0.1) is 0 Å². The van der Waals surface area contributed by atoms with Crippen molar-refractivity contribution >= 4 is 23.1 Å². The van der Waals surface area contributed by atoms with Crippen LogP contribution >= 0.6 is 11.3 Å². The minimum Gasteiger partial charge on any atom is -0.398 e. The number of hydrogen-bond donors (Lipinski definition) is 1. The van der Waals surface area contributed by atoms with E-state index < -0.39 is 0 Å². The Morgan fingerprint density at radius 2 is 2.38 bits per heavy atom. The van der Waals surface area contributed by atoms with Crippen molar-refractivity contribution in [2.24, 2.45) is 5.92 Å². The summed E-state index contributed by atoms with van der Waals surface area (Å²) in [6.45, 7) is 6.63. The summed E-state index contributed by atoms with van der Waals surface area (Å²) >= 11 is 1.70. The van der Waals surface area contributed by atoms with Gasteiger partial charge >= 0.3 is 0 Å². The highest BCUT2D eigenvalue weighted by atomic mass is 32.1. The summed E-state index contributed by atoms with van der Waals surface area (Å²) in [6.07, 6.45) is 3.39. The van der Waals surface area contributed by atoms with Crippen molar-refractivity contribution in [3.05, 3.63) is 21.9 Å². The fourth-order valence-corrected chi connectivity index (χ4v) is 1.94. The molecule has 72 valence electrons. The molecule has 0 saturated heterocycles. The first-order valence-electron chi connectivity index (χ1n) is 4.66. The standard InChI is InChI=1S/C11H17NS/c1-4-8(2)9(3)7-11-10(12)5-6-13-11/h5-8H,4,12H2,1-3H3/b9-7+. The van der Waals surface area contributed by atoms with Crippen LogP contribution in [0.1, 0.15) is 32.1 Å². The molecule has 0 aliphatic heterocycles. The minimum absolute atomic E-state index is 0.654. The van der Waals surface area contributed by atoms with Gasteiger partial charge in [0.1, 0.15) is 0 Å². The largest absolute Gasteiger partial charge is 0.398 e. The van der Waals surface area contributed by atoms with Crippen molar-refractivity contribution in [2.75, 3.05) is 5.73 Å². The van der Waals surface area contributed by atoms with E-state index in [9.17, 15) is 0 Å². The second-order valence-electron chi connectivity index (χ2n) is 3.44. The summed E-state index contributed by atoms with van der Waals surface area (Å²) in [6, 6.07) is 1.96. The molecule has 13 heavy (non-hydrogen) atoms. The van der Waals surface area contributed by atoms with Gasteiger partial charge in [-0.05, 0) is 36.8 Å². The van der Waals surface area contributed by atoms with Crippen molar-refractivity contribution in [1.82, 2.24) is 0 Å². The van der Waals surface area contributed by atoms with Crippen LogP contribution in [0.4, 0.5) is 5.69 Å². The molecule has 0 bridgehead atoms. The second-order valence-corrected chi connectivity index (χ2v) is 4.39. The highest BCUT2D eigenvalue weighted by Gasteiger charge is 2.03. The quantitative estimate of drug-likeness (QED) is 0.780. The van der Waals surface area contributed by atoms with E-state index in [4.69, 9.17) is 5.73 Å². The molecular weight excluding hydrogens is 178 g/mol. The van der Waals surface area contributed by atoms with Crippen LogP contribution < -0.4 is 5.73 Å². The summed E-state index contributed by atoms with van der Waals surface area (Å²) in [5.41, 5.74) is 8.11. The highest BCUT2D eigenvalue weighted by Crippen LogP contribution is 2.24. The Morgan fingerprint density at radius 1 is 1.69 bits per heavy atom. The molecule has 1 rings (SSSR count). The summed E-state index contributed by atoms with van der Waals surface area (Å²) in [5, 5.41) is 2.03. The molecular formula is C11H17NS. The second kappa shape index (κ2) is 4.47. The van der Waals surface area contributed by atoms with Crippen molar-refractivity contribution in [1.29, 1.82) is 0 Å². The molecule has 0 aromatic carbocycles. The number of anilines is 1. The molecule has 1 aromatic rings. The van der Waals surface area contributed by atoms with E-state index in [0.717, 1.165) is 5.69 Å². The average molecular weight is 195 g/mol. The Kier molecular flexibility index (Phi) is 3.55. The van der Waals surface area contributed by atoms with Gasteiger partial charge in [-0.25, -0.2) is 0 Å². The number of rotatable bonds is 3. The fraction of sp³-hybridized carbons (Fsp3) is 0.455. The third kappa shape index (κ3) is 2.59. The maximum Gasteiger partial charge on any atom is 0.0499 e. The molecule has 1 atom stereocenters. The molecule has 1 aromatic heterocycles. The Bertz CT molecular complexity index is 299. The Morgan fingerprint density at radius 3 is 2.85 bits per heavy atom. The summed E-state index contributed by atoms with van der Waals surface area (Å²) in [5.74, 6) is 0.654. The van der Waals surface area contributed by atoms with Crippen molar-refractivity contribution < 1.29 is 0 Å². The first-order chi connectivity index (χ1) is 6.15. The predicted molar refractivity (Wildman–Crippen MR) is 61.8 cm³/mol. The zero-order chi connectivity index (χ0) is 9.84. The molecule has 0 aliphatic rings. The topological polar surface area (TPSA) is 26.0 Å². The average Bonchev–Trinajstić information content (AvgIpc) is 2.50. The number of nitrogens with two attached hydrogens (primary N) is 1. The maximum absolute atomic E-state index is 5.80. The van der Waals surface area contributed by atoms with Gasteiger partial charge in [-0.1, -0.05) is 19.4 Å². The van der Waals surface area contributed by atoms with E-state index in [2.05, 4.69) is 26.8 Å². The maximum atomic E-state index is 5.80. The van der Waals surface area contributed by atoms with E-state index >= 15 is 0 Å². The smallest absolute Gasteiger partial charge is 0.0499 e. The molecule has 0 saturated carbocycles. The van der Waals surface area contributed by atoms with Crippen molar-refractivity contribution in [2.45, 2.75) is 27.2 Å². The number of allylic oxidation sites excluding steroid dienone is 1. The number of thiophene rings is 1. The van der Waals surface area contributed by atoms with Gasteiger partial charge in [0.2, 0.25) is 0 Å². The van der Waals surface area contributed by atoms with Crippen LogP contribution in [0.15, 0.2) is 17.0 Å². The lowest BCUT2D eigenvalue weighted by atomic mass is 9.99. The van der Waals surface area contributed by atoms with Gasteiger partial charge in [0.15, 0.2) is 0 Å². The summed E-state index contributed by atoms with van der Waals surface area (Å²) in [7, 11) is 0. The molecule has 1 heterocycles. The SMILES string of the molecule is CCC(C)/C(C)=C/c1sccc1N. The van der Waals surface area contributed by atoms with E-state index in [1.54, 1.807) is 11.3 Å². The molecule has 1 nitrogen and oxygen atoms in total. The normalized spacial score (nSPS) is 14.5. The molecule has 2 N–H and O–H groups in total. The molecule has 1 unspecified atom stereocenters. The number of hydrogen-bond acceptors (Lipinski definition) is 2. The molecule has 0 radical (unpaired) electrons. The van der Waals surface area contributed by atoms with Crippen LogP contribution in [0.5, 0.6) is 0 Å². The Labute approximate surface area is 84.3 Å². The fourth-order valence-electron chi connectivity index (χ4n) is 1.12. The highest BCUT2D eigenvalue weighted by molar-refractivity contribution is 7.11. The molecule has 0 aliphatic carbocycles. The lowest BCUT2D eigenvalue weighted by molar-refractivity contribution is 0.660. The Balaban J connectivity index is 2.82. The molecule has 0 amide bonds. The molecule has 0 fully saturated rings. The summed E-state index contributed by atoms with van der Waals surface area (Å²) in [4.78, 5) is 1.19. The van der Waals surface area contributed by atoms with Crippen LogP contribution in [0.3, 0.4) is 0 Å². The van der Waals surface area contributed by atoms with Gasteiger partial charge in [0.25, 0.3) is 0 Å². The van der Waals surface area contributed by atoms with Gasteiger partial charge in [-0.15, -0.1) is 11.3 Å². The van der Waals surface area contributed by atoms with Crippen LogP contribution in [-0.4, -0.2) is 0 Å². The molecule has 0 spiro atoms. The predicted octanol–water partition coefficient (Wildman–Crippen LogP) is 3.78. The molecule has 2 heteroatoms. The van der Waals surface area contributed by atoms with Crippen molar-refractivity contribution in [3.63, 3.8) is 0 Å². The zero-order valence-corrected chi connectivity index (χ0v) is 9.32. The first kappa shape index (κ1) is 10.3. The monoisotopic (exact) mass is 195 g/mol. The van der Waals surface area contributed by atoms with E-state index in [1.165, 1.54) is 16.9 Å². The van der Waals surface area contributed by atoms with Crippen LogP contribution in [0.2, 0.25) is 0 Å². The van der Waals surface area contributed by atoms with Crippen LogP contribution in [-0.2, 0) is 0 Å². The van der Waals surface area contributed by atoms with Crippen LogP contribution in [0.25, 0.3) is 6.08 Å². The van der Waals surface area contributed by atoms with Gasteiger partial charge in [-0.3, -0.25) is 0 Å². The van der Waals surface area contributed by atoms with Crippen LogP contribution in [0, 0.1) is 5.92 Å². The summed E-state index contributed by atoms with van der Waals surface area (Å²) < 4.78 is 0. The lowest BCUT2D eigenvalue weighted by Gasteiger charge is -2.08. The van der Waals surface area contributed by atoms with Gasteiger partial charge < -0.3 is 5.73 Å². The third-order valence-corrected chi connectivity index (χ3v) is 3.36. The number of nitrogen functional groups attached to an aromatic ring is 1. The van der Waals surface area contributed by atoms with Gasteiger partial charge in [0, 0.05) is 10.6 Å². The lowest BCUT2D eigenvalue weighted by Crippen LogP contribution is -1.93. The van der Waals surface area contributed by atoms with E-state index in [-0.39, 0.29) is 0 Å². The van der Waals surface area contributed by atoms with E-state index in [0.29, 0.717) is 5.92 Å². The zero-order valence-electron chi connectivity index (χ0n) is 8.50. The van der Waals surface area contributed by atoms with E-state index in [1.807, 2.05) is 11.4 Å². The van der Waals surface area contributed by atoms with Gasteiger partial charge in [-0.2, -0.15) is 0 Å². The first-order valence-corrected chi connectivity index (χ1v) is 5.54. The minimum atomic E-state index is 0.654. The third-order valence-electron chi connectivity index (χ3n) is 2.48. The Hall–Kier alpha value is -0.760. The van der Waals surface area contributed by atoms with Crippen molar-refractivity contribution in [3.8, 4) is 0 Å².